The number of hydrogen-bond acceptors (Lipinski definition) is 2. The molecule has 2 nitrogen and oxygen atoms in total. The summed E-state index contributed by atoms with van der Waals surface area (Å²) in [7, 11) is 1.72. The van der Waals surface area contributed by atoms with Gasteiger partial charge in [-0.25, -0.2) is 0 Å². The van der Waals surface area contributed by atoms with Crippen LogP contribution in [0.2, 0.25) is 0 Å². The van der Waals surface area contributed by atoms with E-state index in [1.54, 1.807) is 7.11 Å². The summed E-state index contributed by atoms with van der Waals surface area (Å²) in [5, 5.41) is 0.952. The van der Waals surface area contributed by atoms with E-state index in [2.05, 4.69) is 22.9 Å². The zero-order valence-electron chi connectivity index (χ0n) is 8.51. The molecule has 1 aliphatic carbocycles. The molecule has 78 valence electrons. The lowest BCUT2D eigenvalue weighted by Crippen LogP contribution is -2.36. The number of methoxy groups -OCH3 is 1. The van der Waals surface area contributed by atoms with E-state index in [0.717, 1.165) is 5.33 Å². The number of hydrogen-bond donors (Lipinski definition) is 0. The van der Waals surface area contributed by atoms with E-state index in [0.29, 0.717) is 6.61 Å². The third-order valence-corrected chi connectivity index (χ3v) is 3.63. The van der Waals surface area contributed by atoms with Crippen LogP contribution in [0.1, 0.15) is 32.6 Å². The first kappa shape index (κ1) is 11.5. The minimum absolute atomic E-state index is 0.0952. The van der Waals surface area contributed by atoms with E-state index < -0.39 is 0 Å². The molecule has 1 rings (SSSR count). The van der Waals surface area contributed by atoms with Crippen molar-refractivity contribution >= 4 is 15.9 Å². The number of halogens is 1. The second-order valence-corrected chi connectivity index (χ2v) is 4.47. The summed E-state index contributed by atoms with van der Waals surface area (Å²) in [6.45, 7) is 2.76. The largest absolute Gasteiger partial charge is 0.382 e. The molecule has 0 saturated heterocycles. The Bertz CT molecular complexity index is 144. The van der Waals surface area contributed by atoms with Crippen molar-refractivity contribution < 1.29 is 9.47 Å². The van der Waals surface area contributed by atoms with Crippen LogP contribution >= 0.6 is 15.9 Å². The van der Waals surface area contributed by atoms with Gasteiger partial charge < -0.3 is 9.47 Å². The van der Waals surface area contributed by atoms with E-state index in [1.807, 2.05) is 0 Å². The van der Waals surface area contributed by atoms with Gasteiger partial charge in [0.1, 0.15) is 0 Å². The lowest BCUT2D eigenvalue weighted by Gasteiger charge is -2.30. The molecule has 0 aromatic heterocycles. The first-order valence-corrected chi connectivity index (χ1v) is 6.07. The minimum Gasteiger partial charge on any atom is -0.382 e. The van der Waals surface area contributed by atoms with Gasteiger partial charge >= 0.3 is 0 Å². The fraction of sp³-hybridized carbons (Fsp3) is 1.00. The Labute approximate surface area is 89.1 Å². The van der Waals surface area contributed by atoms with Crippen molar-refractivity contribution in [2.75, 3.05) is 19.0 Å². The molecular formula is C10H19BrO2. The Kier molecular flexibility index (Phi) is 4.70. The van der Waals surface area contributed by atoms with E-state index >= 15 is 0 Å². The summed E-state index contributed by atoms with van der Waals surface area (Å²) in [6.07, 6.45) is 5.18. The lowest BCUT2D eigenvalue weighted by atomic mass is 10.1. The second-order valence-electron chi connectivity index (χ2n) is 3.91. The maximum Gasteiger partial charge on any atom is 0.0788 e. The first-order valence-electron chi connectivity index (χ1n) is 4.95. The highest BCUT2D eigenvalue weighted by Crippen LogP contribution is 2.35. The minimum atomic E-state index is 0.0952. The van der Waals surface area contributed by atoms with Crippen LogP contribution in [0.25, 0.3) is 0 Å². The molecule has 0 radical (unpaired) electrons. The summed E-state index contributed by atoms with van der Waals surface area (Å²) >= 11 is 3.55. The van der Waals surface area contributed by atoms with Crippen LogP contribution in [0.3, 0.4) is 0 Å². The fourth-order valence-corrected chi connectivity index (χ4v) is 2.69. The van der Waals surface area contributed by atoms with E-state index in [4.69, 9.17) is 9.47 Å². The molecule has 1 unspecified atom stereocenters. The molecule has 13 heavy (non-hydrogen) atoms. The molecular weight excluding hydrogens is 232 g/mol. The molecule has 0 heterocycles. The van der Waals surface area contributed by atoms with Gasteiger partial charge in [0.2, 0.25) is 0 Å². The molecule has 1 saturated carbocycles. The molecule has 1 fully saturated rings. The van der Waals surface area contributed by atoms with Gasteiger partial charge in [-0.2, -0.15) is 0 Å². The average molecular weight is 251 g/mol. The zero-order chi connectivity index (χ0) is 9.73. The Balaban J connectivity index is 2.38. The van der Waals surface area contributed by atoms with Crippen LogP contribution < -0.4 is 0 Å². The normalized spacial score (nSPS) is 23.3. The quantitative estimate of drug-likeness (QED) is 0.699. The predicted octanol–water partition coefficient (Wildman–Crippen LogP) is 2.75. The topological polar surface area (TPSA) is 18.5 Å². The Morgan fingerprint density at radius 1 is 1.38 bits per heavy atom. The molecule has 0 bridgehead atoms. The first-order chi connectivity index (χ1) is 6.22. The van der Waals surface area contributed by atoms with Gasteiger partial charge in [-0.15, -0.1) is 0 Å². The monoisotopic (exact) mass is 250 g/mol. The molecule has 3 heteroatoms. The van der Waals surface area contributed by atoms with Gasteiger partial charge in [-0.3, -0.25) is 0 Å². The maximum atomic E-state index is 6.02. The maximum absolute atomic E-state index is 6.02. The van der Waals surface area contributed by atoms with Crippen LogP contribution in [0, 0.1) is 0 Å². The van der Waals surface area contributed by atoms with Crippen LogP contribution in [0.15, 0.2) is 0 Å². The number of ether oxygens (including phenoxy) is 2. The highest BCUT2D eigenvalue weighted by molar-refractivity contribution is 9.09. The van der Waals surface area contributed by atoms with Crippen molar-refractivity contribution in [2.45, 2.75) is 44.3 Å². The van der Waals surface area contributed by atoms with Gasteiger partial charge in [0.15, 0.2) is 0 Å². The van der Waals surface area contributed by atoms with Crippen molar-refractivity contribution in [3.05, 3.63) is 0 Å². The molecule has 0 aromatic carbocycles. The molecule has 0 aromatic rings. The van der Waals surface area contributed by atoms with Crippen molar-refractivity contribution in [3.63, 3.8) is 0 Å². The second kappa shape index (κ2) is 5.32. The predicted molar refractivity (Wildman–Crippen MR) is 57.4 cm³/mol. The summed E-state index contributed by atoms with van der Waals surface area (Å²) in [4.78, 5) is 0. The van der Waals surface area contributed by atoms with Gasteiger partial charge in [0, 0.05) is 12.4 Å². The smallest absolute Gasteiger partial charge is 0.0788 e. The van der Waals surface area contributed by atoms with Gasteiger partial charge in [-0.1, -0.05) is 28.8 Å². The van der Waals surface area contributed by atoms with Crippen LogP contribution in [-0.2, 0) is 9.47 Å². The molecule has 1 atom stereocenters. The highest BCUT2D eigenvalue weighted by atomic mass is 79.9. The third kappa shape index (κ3) is 3.22. The number of rotatable bonds is 5. The third-order valence-electron chi connectivity index (χ3n) is 2.61. The zero-order valence-corrected chi connectivity index (χ0v) is 10.1. The summed E-state index contributed by atoms with van der Waals surface area (Å²) in [5.74, 6) is 0. The van der Waals surface area contributed by atoms with Crippen molar-refractivity contribution in [2.24, 2.45) is 0 Å². The molecule has 0 aliphatic heterocycles. The van der Waals surface area contributed by atoms with Crippen LogP contribution in [0.4, 0.5) is 0 Å². The Hall–Kier alpha value is 0.400. The van der Waals surface area contributed by atoms with Crippen LogP contribution in [0.5, 0.6) is 0 Å². The van der Waals surface area contributed by atoms with E-state index in [9.17, 15) is 0 Å². The SMILES string of the molecule is COCC(C)OC1(CBr)CCCC1. The standard InChI is InChI=1S/C10H19BrO2/c1-9(7-12-2)13-10(8-11)5-3-4-6-10/h9H,3-8H2,1-2H3. The highest BCUT2D eigenvalue weighted by Gasteiger charge is 2.35. The molecule has 0 N–H and O–H groups in total. The van der Waals surface area contributed by atoms with Gasteiger partial charge in [0.05, 0.1) is 18.3 Å². The van der Waals surface area contributed by atoms with Gasteiger partial charge in [0.25, 0.3) is 0 Å². The summed E-state index contributed by atoms with van der Waals surface area (Å²) < 4.78 is 11.1. The Morgan fingerprint density at radius 3 is 2.46 bits per heavy atom. The van der Waals surface area contributed by atoms with Crippen molar-refractivity contribution in [1.82, 2.24) is 0 Å². The molecule has 0 spiro atoms. The van der Waals surface area contributed by atoms with Gasteiger partial charge in [-0.05, 0) is 19.8 Å². The number of alkyl halides is 1. The van der Waals surface area contributed by atoms with Crippen LogP contribution in [-0.4, -0.2) is 30.8 Å². The molecule has 1 aliphatic rings. The van der Waals surface area contributed by atoms with Crippen molar-refractivity contribution in [1.29, 1.82) is 0 Å². The lowest BCUT2D eigenvalue weighted by molar-refractivity contribution is -0.0900. The Morgan fingerprint density at radius 2 is 2.00 bits per heavy atom. The fourth-order valence-electron chi connectivity index (χ4n) is 2.00. The average Bonchev–Trinajstić information content (AvgIpc) is 2.54. The van der Waals surface area contributed by atoms with E-state index in [-0.39, 0.29) is 11.7 Å². The summed E-state index contributed by atoms with van der Waals surface area (Å²) in [6, 6.07) is 0. The van der Waals surface area contributed by atoms with E-state index in [1.165, 1.54) is 25.7 Å². The summed E-state index contributed by atoms with van der Waals surface area (Å²) in [5.41, 5.74) is 0.0952. The van der Waals surface area contributed by atoms with Crippen molar-refractivity contribution in [3.8, 4) is 0 Å². The molecule has 0 amide bonds.